The number of sulfonamides is 1. The van der Waals surface area contributed by atoms with Gasteiger partial charge < -0.3 is 10.1 Å². The van der Waals surface area contributed by atoms with Crippen molar-refractivity contribution in [1.82, 2.24) is 9.62 Å². The van der Waals surface area contributed by atoms with Gasteiger partial charge in [0.1, 0.15) is 18.2 Å². The highest BCUT2D eigenvalue weighted by Crippen LogP contribution is 2.17. The number of ether oxygens (including phenoxy) is 1. The lowest BCUT2D eigenvalue weighted by Crippen LogP contribution is -2.29. The van der Waals surface area contributed by atoms with E-state index < -0.39 is 10.0 Å². The third kappa shape index (κ3) is 5.53. The van der Waals surface area contributed by atoms with Gasteiger partial charge in [0.2, 0.25) is 15.9 Å². The number of amides is 1. The van der Waals surface area contributed by atoms with E-state index in [1.54, 1.807) is 24.3 Å². The normalized spacial score (nSPS) is 11.4. The topological polar surface area (TPSA) is 75.7 Å². The zero-order chi connectivity index (χ0) is 19.2. The van der Waals surface area contributed by atoms with Crippen molar-refractivity contribution in [2.24, 2.45) is 0 Å². The SMILES string of the molecule is CN(C)S(=O)(=O)c1ccc(OCCNC(=O)Cc2ccc(F)cc2)cc1. The number of benzene rings is 2. The minimum Gasteiger partial charge on any atom is -0.492 e. The van der Waals surface area contributed by atoms with Crippen LogP contribution in [0.4, 0.5) is 4.39 Å². The van der Waals surface area contributed by atoms with E-state index in [1.807, 2.05) is 0 Å². The van der Waals surface area contributed by atoms with Crippen molar-refractivity contribution < 1.29 is 22.3 Å². The van der Waals surface area contributed by atoms with Crippen molar-refractivity contribution in [1.29, 1.82) is 0 Å². The Balaban J connectivity index is 1.76. The van der Waals surface area contributed by atoms with Crippen molar-refractivity contribution in [3.63, 3.8) is 0 Å². The Kier molecular flexibility index (Phi) is 6.70. The Labute approximate surface area is 152 Å². The smallest absolute Gasteiger partial charge is 0.242 e. The van der Waals surface area contributed by atoms with Gasteiger partial charge in [-0.1, -0.05) is 12.1 Å². The molecule has 2 aromatic carbocycles. The summed E-state index contributed by atoms with van der Waals surface area (Å²) in [4.78, 5) is 12.0. The molecule has 8 heteroatoms. The van der Waals surface area contributed by atoms with E-state index in [9.17, 15) is 17.6 Å². The van der Waals surface area contributed by atoms with Gasteiger partial charge in [-0.15, -0.1) is 0 Å². The highest BCUT2D eigenvalue weighted by atomic mass is 32.2. The maximum absolute atomic E-state index is 12.8. The van der Waals surface area contributed by atoms with Gasteiger partial charge in [-0.2, -0.15) is 0 Å². The Morgan fingerprint density at radius 2 is 1.69 bits per heavy atom. The third-order valence-corrected chi connectivity index (χ3v) is 5.40. The second-order valence-corrected chi connectivity index (χ2v) is 7.91. The van der Waals surface area contributed by atoms with Crippen LogP contribution in [-0.2, 0) is 21.2 Å². The monoisotopic (exact) mass is 380 g/mol. The lowest BCUT2D eigenvalue weighted by molar-refractivity contribution is -0.120. The number of hydrogen-bond acceptors (Lipinski definition) is 4. The first-order valence-electron chi connectivity index (χ1n) is 7.95. The van der Waals surface area contributed by atoms with Crippen LogP contribution < -0.4 is 10.1 Å². The summed E-state index contributed by atoms with van der Waals surface area (Å²) in [6, 6.07) is 11.8. The van der Waals surface area contributed by atoms with Crippen LogP contribution in [0.15, 0.2) is 53.4 Å². The quantitative estimate of drug-likeness (QED) is 0.709. The third-order valence-electron chi connectivity index (χ3n) is 3.57. The summed E-state index contributed by atoms with van der Waals surface area (Å²) in [5.41, 5.74) is 0.725. The molecule has 0 saturated carbocycles. The number of nitrogens with zero attached hydrogens (tertiary/aromatic N) is 1. The molecule has 1 N–H and O–H groups in total. The zero-order valence-electron chi connectivity index (χ0n) is 14.6. The van der Waals surface area contributed by atoms with Crippen molar-refractivity contribution >= 4 is 15.9 Å². The fourth-order valence-electron chi connectivity index (χ4n) is 2.13. The van der Waals surface area contributed by atoms with Crippen LogP contribution in [0.3, 0.4) is 0 Å². The first kappa shape index (κ1) is 19.9. The van der Waals surface area contributed by atoms with Crippen LogP contribution in [0.1, 0.15) is 5.56 Å². The van der Waals surface area contributed by atoms with Gasteiger partial charge in [0.05, 0.1) is 17.9 Å². The summed E-state index contributed by atoms with van der Waals surface area (Å²) in [5.74, 6) is -0.0184. The van der Waals surface area contributed by atoms with Crippen molar-refractivity contribution in [2.45, 2.75) is 11.3 Å². The molecule has 0 fully saturated rings. The Morgan fingerprint density at radius 3 is 2.27 bits per heavy atom. The summed E-state index contributed by atoms with van der Waals surface area (Å²) in [6.45, 7) is 0.548. The number of carbonyl (C=O) groups excluding carboxylic acids is 1. The summed E-state index contributed by atoms with van der Waals surface area (Å²) in [7, 11) is -0.532. The van der Waals surface area contributed by atoms with E-state index in [1.165, 1.54) is 38.4 Å². The van der Waals surface area contributed by atoms with Crippen LogP contribution in [0.2, 0.25) is 0 Å². The van der Waals surface area contributed by atoms with Crippen LogP contribution in [0.25, 0.3) is 0 Å². The molecule has 0 unspecified atom stereocenters. The molecule has 0 aromatic heterocycles. The summed E-state index contributed by atoms with van der Waals surface area (Å²) in [5, 5.41) is 2.71. The van der Waals surface area contributed by atoms with Crippen molar-refractivity contribution in [3.8, 4) is 5.75 Å². The van der Waals surface area contributed by atoms with Crippen LogP contribution in [0, 0.1) is 5.82 Å². The average Bonchev–Trinajstić information content (AvgIpc) is 2.61. The molecule has 6 nitrogen and oxygen atoms in total. The van der Waals surface area contributed by atoms with Crippen LogP contribution >= 0.6 is 0 Å². The second kappa shape index (κ2) is 8.77. The molecule has 0 heterocycles. The molecule has 0 aliphatic carbocycles. The van der Waals surface area contributed by atoms with Crippen molar-refractivity contribution in [2.75, 3.05) is 27.2 Å². The predicted molar refractivity (Wildman–Crippen MR) is 95.9 cm³/mol. The van der Waals surface area contributed by atoms with Crippen LogP contribution in [-0.4, -0.2) is 45.9 Å². The number of halogens is 1. The van der Waals surface area contributed by atoms with E-state index in [0.29, 0.717) is 12.3 Å². The fraction of sp³-hybridized carbons (Fsp3) is 0.278. The van der Waals surface area contributed by atoms with Crippen LogP contribution in [0.5, 0.6) is 5.75 Å². The second-order valence-electron chi connectivity index (χ2n) is 5.76. The minimum atomic E-state index is -3.47. The van der Waals surface area contributed by atoms with Gasteiger partial charge >= 0.3 is 0 Å². The van der Waals surface area contributed by atoms with Gasteiger partial charge in [-0.3, -0.25) is 4.79 Å². The maximum atomic E-state index is 12.8. The molecular formula is C18H21FN2O4S. The lowest BCUT2D eigenvalue weighted by Gasteiger charge is -2.12. The first-order valence-corrected chi connectivity index (χ1v) is 9.39. The Hall–Kier alpha value is -2.45. The predicted octanol–water partition coefficient (Wildman–Crippen LogP) is 1.81. The molecule has 0 atom stereocenters. The molecule has 0 aliphatic rings. The number of carbonyl (C=O) groups is 1. The average molecular weight is 380 g/mol. The van der Waals surface area contributed by atoms with E-state index in [4.69, 9.17) is 4.74 Å². The minimum absolute atomic E-state index is 0.164. The molecule has 0 saturated heterocycles. The van der Waals surface area contributed by atoms with Gasteiger partial charge in [-0.25, -0.2) is 17.1 Å². The van der Waals surface area contributed by atoms with E-state index in [2.05, 4.69) is 5.32 Å². The highest BCUT2D eigenvalue weighted by Gasteiger charge is 2.16. The Bertz CT molecular complexity index is 834. The summed E-state index contributed by atoms with van der Waals surface area (Å²) in [6.07, 6.45) is 0.164. The van der Waals surface area contributed by atoms with Gasteiger partial charge in [0, 0.05) is 14.1 Å². The molecule has 1 amide bonds. The Morgan fingerprint density at radius 1 is 1.08 bits per heavy atom. The van der Waals surface area contributed by atoms with Gasteiger partial charge in [0.25, 0.3) is 0 Å². The highest BCUT2D eigenvalue weighted by molar-refractivity contribution is 7.89. The molecule has 0 bridgehead atoms. The summed E-state index contributed by atoms with van der Waals surface area (Å²) >= 11 is 0. The lowest BCUT2D eigenvalue weighted by atomic mass is 10.1. The molecule has 140 valence electrons. The molecule has 26 heavy (non-hydrogen) atoms. The molecule has 0 aliphatic heterocycles. The molecule has 2 aromatic rings. The maximum Gasteiger partial charge on any atom is 0.242 e. The van der Waals surface area contributed by atoms with E-state index in [0.717, 1.165) is 9.87 Å². The largest absolute Gasteiger partial charge is 0.492 e. The van der Waals surface area contributed by atoms with E-state index >= 15 is 0 Å². The number of hydrogen-bond donors (Lipinski definition) is 1. The molecule has 2 rings (SSSR count). The van der Waals surface area contributed by atoms with Gasteiger partial charge in [-0.05, 0) is 42.0 Å². The molecular weight excluding hydrogens is 359 g/mol. The molecule has 0 radical (unpaired) electrons. The fourth-order valence-corrected chi connectivity index (χ4v) is 3.03. The number of nitrogens with one attached hydrogen (secondary N) is 1. The number of rotatable bonds is 8. The first-order chi connectivity index (χ1) is 12.3. The summed E-state index contributed by atoms with van der Waals surface area (Å²) < 4.78 is 43.4. The standard InChI is InChI=1S/C18H21FN2O4S/c1-21(2)26(23,24)17-9-7-16(8-10-17)25-12-11-20-18(22)13-14-3-5-15(19)6-4-14/h3-10H,11-13H2,1-2H3,(H,20,22). The van der Waals surface area contributed by atoms with E-state index in [-0.39, 0.29) is 29.6 Å². The van der Waals surface area contributed by atoms with Crippen molar-refractivity contribution in [3.05, 3.63) is 59.9 Å². The zero-order valence-corrected chi connectivity index (χ0v) is 15.4. The van der Waals surface area contributed by atoms with Gasteiger partial charge in [0.15, 0.2) is 0 Å². The molecule has 0 spiro atoms.